The number of rotatable bonds is 2. The summed E-state index contributed by atoms with van der Waals surface area (Å²) in [5, 5.41) is 8.73. The third kappa shape index (κ3) is 2.99. The first-order valence-electron chi connectivity index (χ1n) is 5.03. The number of benzene rings is 1. The van der Waals surface area contributed by atoms with Crippen LogP contribution >= 0.6 is 0 Å². The molecule has 1 aromatic rings. The van der Waals surface area contributed by atoms with Crippen molar-refractivity contribution < 1.29 is 36.2 Å². The van der Waals surface area contributed by atoms with Crippen LogP contribution in [0, 0.1) is 0 Å². The van der Waals surface area contributed by atoms with Crippen molar-refractivity contribution in [2.75, 3.05) is 0 Å². The first kappa shape index (κ1) is 15.3. The number of alkyl halides is 6. The van der Waals surface area contributed by atoms with E-state index in [-0.39, 0.29) is 6.07 Å². The van der Waals surface area contributed by atoms with Crippen molar-refractivity contribution >= 4 is 5.97 Å². The molecule has 0 fully saturated rings. The van der Waals surface area contributed by atoms with E-state index in [1.165, 1.54) is 0 Å². The van der Waals surface area contributed by atoms with Crippen LogP contribution in [0.5, 0.6) is 0 Å². The van der Waals surface area contributed by atoms with Gasteiger partial charge in [-0.2, -0.15) is 26.3 Å². The largest absolute Gasteiger partial charge is 0.478 e. The van der Waals surface area contributed by atoms with E-state index in [1.807, 2.05) is 0 Å². The molecule has 0 saturated carbocycles. The summed E-state index contributed by atoms with van der Waals surface area (Å²) in [6, 6.07) is 0.685. The van der Waals surface area contributed by atoms with Gasteiger partial charge in [0.25, 0.3) is 0 Å². The SMILES string of the molecule is CCc1c(C(=O)O)ccc(C(F)(F)F)c1C(F)(F)F. The molecule has 0 unspecified atom stereocenters. The van der Waals surface area contributed by atoms with Gasteiger partial charge in [0.05, 0.1) is 16.7 Å². The molecule has 0 radical (unpaired) electrons. The summed E-state index contributed by atoms with van der Waals surface area (Å²) in [5.41, 5.74) is -5.44. The number of aromatic carboxylic acids is 1. The second kappa shape index (κ2) is 4.75. The highest BCUT2D eigenvalue weighted by Gasteiger charge is 2.45. The van der Waals surface area contributed by atoms with Gasteiger partial charge >= 0.3 is 18.3 Å². The van der Waals surface area contributed by atoms with E-state index in [9.17, 15) is 31.1 Å². The number of carboxylic acid groups (broad SMARTS) is 1. The van der Waals surface area contributed by atoms with Gasteiger partial charge in [0.15, 0.2) is 0 Å². The Morgan fingerprint density at radius 2 is 1.63 bits per heavy atom. The molecule has 8 heteroatoms. The fraction of sp³-hybridized carbons (Fsp3) is 0.364. The Morgan fingerprint density at radius 3 is 1.95 bits per heavy atom. The summed E-state index contributed by atoms with van der Waals surface area (Å²) in [6.45, 7) is 1.16. The Labute approximate surface area is 103 Å². The summed E-state index contributed by atoms with van der Waals surface area (Å²) < 4.78 is 76.1. The first-order chi connectivity index (χ1) is 8.50. The lowest BCUT2D eigenvalue weighted by atomic mass is 9.93. The Bertz CT molecular complexity index is 501. The molecule has 19 heavy (non-hydrogen) atoms. The molecule has 1 rings (SSSR count). The molecule has 1 aromatic carbocycles. The molecule has 0 bridgehead atoms. The van der Waals surface area contributed by atoms with E-state index in [0.29, 0.717) is 6.07 Å². The highest BCUT2D eigenvalue weighted by atomic mass is 19.4. The van der Waals surface area contributed by atoms with Crippen LogP contribution < -0.4 is 0 Å². The van der Waals surface area contributed by atoms with Crippen LogP contribution in [-0.2, 0) is 18.8 Å². The van der Waals surface area contributed by atoms with E-state index in [0.717, 1.165) is 6.92 Å². The number of carbonyl (C=O) groups is 1. The number of hydrogen-bond donors (Lipinski definition) is 1. The molecular formula is C11H8F6O2. The molecule has 0 atom stereocenters. The topological polar surface area (TPSA) is 37.3 Å². The zero-order valence-corrected chi connectivity index (χ0v) is 9.49. The van der Waals surface area contributed by atoms with Crippen LogP contribution in [0.4, 0.5) is 26.3 Å². The van der Waals surface area contributed by atoms with E-state index in [1.54, 1.807) is 0 Å². The normalized spacial score (nSPS) is 12.6. The fourth-order valence-corrected chi connectivity index (χ4v) is 1.78. The van der Waals surface area contributed by atoms with Gasteiger partial charge in [-0.1, -0.05) is 6.92 Å². The molecule has 0 aromatic heterocycles. The van der Waals surface area contributed by atoms with Crippen LogP contribution in [0.2, 0.25) is 0 Å². The number of carboxylic acids is 1. The Hall–Kier alpha value is -1.73. The van der Waals surface area contributed by atoms with Crippen molar-refractivity contribution in [1.82, 2.24) is 0 Å². The average Bonchev–Trinajstić information content (AvgIpc) is 2.24. The number of hydrogen-bond acceptors (Lipinski definition) is 1. The van der Waals surface area contributed by atoms with Crippen LogP contribution in [0.15, 0.2) is 12.1 Å². The van der Waals surface area contributed by atoms with Crippen molar-refractivity contribution in [2.24, 2.45) is 0 Å². The molecule has 1 N–H and O–H groups in total. The van der Waals surface area contributed by atoms with Gasteiger partial charge < -0.3 is 5.11 Å². The van der Waals surface area contributed by atoms with Gasteiger partial charge in [-0.05, 0) is 24.1 Å². The zero-order chi connectivity index (χ0) is 15.0. The quantitative estimate of drug-likeness (QED) is 0.835. The van der Waals surface area contributed by atoms with Crippen molar-refractivity contribution in [3.05, 3.63) is 34.4 Å². The monoisotopic (exact) mass is 286 g/mol. The molecule has 2 nitrogen and oxygen atoms in total. The molecular weight excluding hydrogens is 278 g/mol. The first-order valence-corrected chi connectivity index (χ1v) is 5.03. The minimum atomic E-state index is -5.28. The third-order valence-corrected chi connectivity index (χ3v) is 2.49. The fourth-order valence-electron chi connectivity index (χ4n) is 1.78. The van der Waals surface area contributed by atoms with Gasteiger partial charge in [0.1, 0.15) is 0 Å². The Morgan fingerprint density at radius 1 is 1.11 bits per heavy atom. The van der Waals surface area contributed by atoms with Crippen molar-refractivity contribution in [3.8, 4) is 0 Å². The summed E-state index contributed by atoms with van der Waals surface area (Å²) in [5.74, 6) is -1.70. The predicted octanol–water partition coefficient (Wildman–Crippen LogP) is 3.98. The van der Waals surface area contributed by atoms with E-state index in [4.69, 9.17) is 5.11 Å². The summed E-state index contributed by atoms with van der Waals surface area (Å²) >= 11 is 0. The summed E-state index contributed by atoms with van der Waals surface area (Å²) in [4.78, 5) is 10.8. The molecule has 0 heterocycles. The highest BCUT2D eigenvalue weighted by molar-refractivity contribution is 5.90. The van der Waals surface area contributed by atoms with E-state index >= 15 is 0 Å². The molecule has 0 aliphatic heterocycles. The van der Waals surface area contributed by atoms with Gasteiger partial charge in [0, 0.05) is 0 Å². The number of halogens is 6. The molecule has 0 spiro atoms. The second-order valence-electron chi connectivity index (χ2n) is 3.67. The lowest BCUT2D eigenvalue weighted by Gasteiger charge is -2.20. The Balaban J connectivity index is 3.76. The lowest BCUT2D eigenvalue weighted by Crippen LogP contribution is -2.21. The smallest absolute Gasteiger partial charge is 0.417 e. The van der Waals surface area contributed by atoms with Gasteiger partial charge in [0.2, 0.25) is 0 Å². The maximum Gasteiger partial charge on any atom is 0.417 e. The third-order valence-electron chi connectivity index (χ3n) is 2.49. The van der Waals surface area contributed by atoms with E-state index < -0.39 is 47.0 Å². The minimum absolute atomic E-state index is 0.144. The Kier molecular flexibility index (Phi) is 3.83. The van der Waals surface area contributed by atoms with Crippen molar-refractivity contribution in [3.63, 3.8) is 0 Å². The van der Waals surface area contributed by atoms with Gasteiger partial charge in [-0.15, -0.1) is 0 Å². The van der Waals surface area contributed by atoms with Gasteiger partial charge in [-0.3, -0.25) is 0 Å². The maximum absolute atomic E-state index is 12.8. The van der Waals surface area contributed by atoms with Crippen molar-refractivity contribution in [1.29, 1.82) is 0 Å². The van der Waals surface area contributed by atoms with Crippen molar-refractivity contribution in [2.45, 2.75) is 25.7 Å². The molecule has 106 valence electrons. The van der Waals surface area contributed by atoms with Crippen LogP contribution in [0.25, 0.3) is 0 Å². The van der Waals surface area contributed by atoms with Crippen LogP contribution in [0.1, 0.15) is 34.0 Å². The second-order valence-corrected chi connectivity index (χ2v) is 3.67. The average molecular weight is 286 g/mol. The molecule has 0 aliphatic rings. The highest BCUT2D eigenvalue weighted by Crippen LogP contribution is 2.43. The lowest BCUT2D eigenvalue weighted by molar-refractivity contribution is -0.162. The summed E-state index contributed by atoms with van der Waals surface area (Å²) in [6.07, 6.45) is -11.0. The standard InChI is InChI=1S/C11H8F6O2/c1-2-5-6(9(18)19)3-4-7(10(12,13)14)8(5)11(15,16)17/h3-4H,2H2,1H3,(H,18,19). The minimum Gasteiger partial charge on any atom is -0.478 e. The molecule has 0 saturated heterocycles. The maximum atomic E-state index is 12.8. The molecule has 0 aliphatic carbocycles. The predicted molar refractivity (Wildman–Crippen MR) is 52.8 cm³/mol. The van der Waals surface area contributed by atoms with Crippen LogP contribution in [-0.4, -0.2) is 11.1 Å². The zero-order valence-electron chi connectivity index (χ0n) is 9.49. The molecule has 0 amide bonds. The van der Waals surface area contributed by atoms with Gasteiger partial charge in [-0.25, -0.2) is 4.79 Å². The van der Waals surface area contributed by atoms with E-state index in [2.05, 4.69) is 0 Å². The summed E-state index contributed by atoms with van der Waals surface area (Å²) in [7, 11) is 0. The van der Waals surface area contributed by atoms with Crippen LogP contribution in [0.3, 0.4) is 0 Å².